The Morgan fingerprint density at radius 3 is 2.40 bits per heavy atom. The minimum Gasteiger partial charge on any atom is -0.496 e. The fourth-order valence-electron chi connectivity index (χ4n) is 1.92. The van der Waals surface area contributed by atoms with Crippen LogP contribution >= 0.6 is 11.3 Å². The molecule has 1 unspecified atom stereocenters. The van der Waals surface area contributed by atoms with Crippen molar-refractivity contribution < 1.29 is 17.9 Å². The van der Waals surface area contributed by atoms with Crippen LogP contribution in [-0.4, -0.2) is 7.11 Å². The first-order valence-corrected chi connectivity index (χ1v) is 6.83. The topological polar surface area (TPSA) is 35.2 Å². The standard InChI is InChI=1S/C14H14F3NOS/c1-19-12-6-7-20-13(12)11(18)8-9-2-4-10(5-3-9)14(15,16)17/h2-7,11H,8,18H2,1H3. The SMILES string of the molecule is COc1ccsc1C(N)Cc1ccc(C(F)(F)F)cc1. The van der Waals surface area contributed by atoms with Crippen LogP contribution in [0, 0.1) is 0 Å². The molecule has 2 N–H and O–H groups in total. The van der Waals surface area contributed by atoms with Gasteiger partial charge in [0, 0.05) is 6.04 Å². The van der Waals surface area contributed by atoms with E-state index in [9.17, 15) is 13.2 Å². The lowest BCUT2D eigenvalue weighted by atomic mass is 10.0. The molecule has 0 aliphatic carbocycles. The van der Waals surface area contributed by atoms with Gasteiger partial charge in [0.15, 0.2) is 0 Å². The van der Waals surface area contributed by atoms with E-state index >= 15 is 0 Å². The van der Waals surface area contributed by atoms with Crippen LogP contribution < -0.4 is 10.5 Å². The van der Waals surface area contributed by atoms with Crippen molar-refractivity contribution in [3.05, 3.63) is 51.7 Å². The highest BCUT2D eigenvalue weighted by molar-refractivity contribution is 7.10. The van der Waals surface area contributed by atoms with E-state index in [1.165, 1.54) is 23.5 Å². The van der Waals surface area contributed by atoms with E-state index in [-0.39, 0.29) is 6.04 Å². The fourth-order valence-corrected chi connectivity index (χ4v) is 2.79. The van der Waals surface area contributed by atoms with Gasteiger partial charge in [0.25, 0.3) is 0 Å². The molecule has 0 radical (unpaired) electrons. The second-order valence-corrected chi connectivity index (χ2v) is 5.31. The molecule has 0 saturated heterocycles. The molecular formula is C14H14F3NOS. The highest BCUT2D eigenvalue weighted by Gasteiger charge is 2.30. The summed E-state index contributed by atoms with van der Waals surface area (Å²) in [5, 5.41) is 1.88. The van der Waals surface area contributed by atoms with Crippen LogP contribution in [0.1, 0.15) is 22.0 Å². The zero-order valence-electron chi connectivity index (χ0n) is 10.8. The maximum absolute atomic E-state index is 12.5. The second kappa shape index (κ2) is 5.85. The van der Waals surface area contributed by atoms with Crippen molar-refractivity contribution in [1.29, 1.82) is 0 Å². The van der Waals surface area contributed by atoms with Gasteiger partial charge in [-0.25, -0.2) is 0 Å². The molecule has 1 heterocycles. The summed E-state index contributed by atoms with van der Waals surface area (Å²) in [6, 6.07) is 6.61. The van der Waals surface area contributed by atoms with Crippen LogP contribution in [0.3, 0.4) is 0 Å². The third kappa shape index (κ3) is 3.32. The summed E-state index contributed by atoms with van der Waals surface area (Å²) >= 11 is 1.48. The molecule has 2 rings (SSSR count). The predicted molar refractivity (Wildman–Crippen MR) is 72.9 cm³/mol. The number of benzene rings is 1. The molecule has 0 aliphatic rings. The summed E-state index contributed by atoms with van der Waals surface area (Å²) in [5.41, 5.74) is 6.20. The van der Waals surface area contributed by atoms with E-state index in [1.54, 1.807) is 7.11 Å². The Labute approximate surface area is 119 Å². The summed E-state index contributed by atoms with van der Waals surface area (Å²) in [4.78, 5) is 0.896. The van der Waals surface area contributed by atoms with E-state index < -0.39 is 11.7 Å². The Morgan fingerprint density at radius 1 is 1.20 bits per heavy atom. The van der Waals surface area contributed by atoms with Gasteiger partial charge in [0.05, 0.1) is 17.6 Å². The largest absolute Gasteiger partial charge is 0.496 e. The lowest BCUT2D eigenvalue weighted by Crippen LogP contribution is -2.13. The van der Waals surface area contributed by atoms with Crippen LogP contribution in [0.25, 0.3) is 0 Å². The van der Waals surface area contributed by atoms with Gasteiger partial charge in [-0.3, -0.25) is 0 Å². The van der Waals surface area contributed by atoms with Crippen molar-refractivity contribution in [2.24, 2.45) is 5.73 Å². The third-order valence-corrected chi connectivity index (χ3v) is 3.98. The Morgan fingerprint density at radius 2 is 1.85 bits per heavy atom. The molecule has 1 aromatic heterocycles. The van der Waals surface area contributed by atoms with Crippen LogP contribution in [0.5, 0.6) is 5.75 Å². The number of alkyl halides is 3. The Kier molecular flexibility index (Phi) is 4.35. The summed E-state index contributed by atoms with van der Waals surface area (Å²) in [6.45, 7) is 0. The maximum atomic E-state index is 12.5. The molecule has 108 valence electrons. The summed E-state index contributed by atoms with van der Waals surface area (Å²) < 4.78 is 42.6. The van der Waals surface area contributed by atoms with E-state index in [2.05, 4.69) is 0 Å². The lowest BCUT2D eigenvalue weighted by Gasteiger charge is -2.13. The van der Waals surface area contributed by atoms with Crippen molar-refractivity contribution in [2.45, 2.75) is 18.6 Å². The molecule has 0 fully saturated rings. The molecule has 0 spiro atoms. The van der Waals surface area contributed by atoms with Crippen LogP contribution in [0.2, 0.25) is 0 Å². The Bertz CT molecular complexity index is 563. The van der Waals surface area contributed by atoms with Crippen molar-refractivity contribution >= 4 is 11.3 Å². The van der Waals surface area contributed by atoms with Crippen molar-refractivity contribution in [3.8, 4) is 5.75 Å². The number of hydrogen-bond acceptors (Lipinski definition) is 3. The van der Waals surface area contributed by atoms with Gasteiger partial charge < -0.3 is 10.5 Å². The Hall–Kier alpha value is -1.53. The molecule has 1 atom stereocenters. The summed E-state index contributed by atoms with van der Waals surface area (Å²) in [6.07, 6.45) is -3.84. The van der Waals surface area contributed by atoms with Crippen molar-refractivity contribution in [2.75, 3.05) is 7.11 Å². The van der Waals surface area contributed by atoms with Gasteiger partial charge in [-0.1, -0.05) is 12.1 Å². The van der Waals surface area contributed by atoms with E-state index in [0.717, 1.165) is 28.3 Å². The molecule has 0 amide bonds. The number of rotatable bonds is 4. The smallest absolute Gasteiger partial charge is 0.416 e. The van der Waals surface area contributed by atoms with Crippen LogP contribution in [-0.2, 0) is 12.6 Å². The molecule has 20 heavy (non-hydrogen) atoms. The molecule has 0 saturated carbocycles. The number of methoxy groups -OCH3 is 1. The van der Waals surface area contributed by atoms with Gasteiger partial charge >= 0.3 is 6.18 Å². The first-order valence-electron chi connectivity index (χ1n) is 5.95. The van der Waals surface area contributed by atoms with Crippen LogP contribution in [0.15, 0.2) is 35.7 Å². The lowest BCUT2D eigenvalue weighted by molar-refractivity contribution is -0.137. The van der Waals surface area contributed by atoms with Crippen molar-refractivity contribution in [1.82, 2.24) is 0 Å². The zero-order valence-corrected chi connectivity index (χ0v) is 11.6. The van der Waals surface area contributed by atoms with Crippen LogP contribution in [0.4, 0.5) is 13.2 Å². The van der Waals surface area contributed by atoms with E-state index in [0.29, 0.717) is 6.42 Å². The highest BCUT2D eigenvalue weighted by atomic mass is 32.1. The first-order chi connectivity index (χ1) is 9.41. The number of halogens is 3. The maximum Gasteiger partial charge on any atom is 0.416 e. The average Bonchev–Trinajstić information content (AvgIpc) is 2.86. The van der Waals surface area contributed by atoms with E-state index in [1.807, 2.05) is 11.4 Å². The zero-order chi connectivity index (χ0) is 14.8. The number of hydrogen-bond donors (Lipinski definition) is 1. The minimum absolute atomic E-state index is 0.290. The van der Waals surface area contributed by atoms with E-state index in [4.69, 9.17) is 10.5 Å². The quantitative estimate of drug-likeness (QED) is 0.925. The average molecular weight is 301 g/mol. The predicted octanol–water partition coefficient (Wildman–Crippen LogP) is 4.02. The number of ether oxygens (including phenoxy) is 1. The van der Waals surface area contributed by atoms with Gasteiger partial charge in [-0.05, 0) is 35.6 Å². The molecule has 0 bridgehead atoms. The fraction of sp³-hybridized carbons (Fsp3) is 0.286. The minimum atomic E-state index is -4.31. The first kappa shape index (κ1) is 14.9. The number of nitrogens with two attached hydrogens (primary N) is 1. The molecule has 2 nitrogen and oxygen atoms in total. The molecule has 6 heteroatoms. The second-order valence-electron chi connectivity index (χ2n) is 4.36. The Balaban J connectivity index is 2.10. The normalized spacial score (nSPS) is 13.2. The molecule has 2 aromatic rings. The van der Waals surface area contributed by atoms with Crippen molar-refractivity contribution in [3.63, 3.8) is 0 Å². The molecule has 1 aromatic carbocycles. The molecular weight excluding hydrogens is 287 g/mol. The summed E-state index contributed by atoms with van der Waals surface area (Å²) in [5.74, 6) is 0.717. The van der Waals surface area contributed by atoms with Gasteiger partial charge in [0.2, 0.25) is 0 Å². The number of thiophene rings is 1. The van der Waals surface area contributed by atoms with Gasteiger partial charge in [-0.2, -0.15) is 13.2 Å². The third-order valence-electron chi connectivity index (χ3n) is 2.95. The van der Waals surface area contributed by atoms with Gasteiger partial charge in [0.1, 0.15) is 5.75 Å². The highest BCUT2D eigenvalue weighted by Crippen LogP contribution is 2.32. The summed E-state index contributed by atoms with van der Waals surface area (Å²) in [7, 11) is 1.57. The molecule has 0 aliphatic heterocycles. The van der Waals surface area contributed by atoms with Gasteiger partial charge in [-0.15, -0.1) is 11.3 Å². The monoisotopic (exact) mass is 301 g/mol.